The predicted molar refractivity (Wildman–Crippen MR) is 206 cm³/mol. The molecule has 0 saturated carbocycles. The van der Waals surface area contributed by atoms with Gasteiger partial charge in [-0.3, -0.25) is 4.99 Å². The highest BCUT2D eigenvalue weighted by atomic mass is 32.2. The fourth-order valence-electron chi connectivity index (χ4n) is 6.45. The molecule has 7 aromatic carbocycles. The lowest BCUT2D eigenvalue weighted by molar-refractivity contribution is 0.956. The van der Waals surface area contributed by atoms with Crippen LogP contribution in [0.4, 0.5) is 0 Å². The fourth-order valence-corrected chi connectivity index (χ4v) is 8.71. The van der Waals surface area contributed by atoms with Gasteiger partial charge in [0.1, 0.15) is 0 Å². The van der Waals surface area contributed by atoms with Crippen LogP contribution in [-0.2, 0) is 0 Å². The summed E-state index contributed by atoms with van der Waals surface area (Å²) in [6, 6.07) is 46.8. The van der Waals surface area contributed by atoms with Gasteiger partial charge in [-0.25, -0.2) is 0 Å². The largest absolute Gasteiger partial charge is 0.264 e. The molecular weight excluding hydrogens is 607 g/mol. The Bertz CT molecular complexity index is 2360. The Hall–Kier alpha value is -4.83. The summed E-state index contributed by atoms with van der Waals surface area (Å²) in [6.45, 7) is 6.62. The highest BCUT2D eigenvalue weighted by Crippen LogP contribution is 2.49. The summed E-state index contributed by atoms with van der Waals surface area (Å²) in [6.07, 6.45) is 8.00. The average Bonchev–Trinajstić information content (AvgIpc) is 3.13. The molecule has 0 fully saturated rings. The van der Waals surface area contributed by atoms with E-state index in [4.69, 9.17) is 0 Å². The van der Waals surface area contributed by atoms with Gasteiger partial charge < -0.3 is 0 Å². The Morgan fingerprint density at radius 1 is 0.553 bits per heavy atom. The molecule has 226 valence electrons. The summed E-state index contributed by atoms with van der Waals surface area (Å²) in [5, 5.41) is 7.69. The third-order valence-electron chi connectivity index (χ3n) is 8.82. The Kier molecular flexibility index (Phi) is 8.02. The fraction of sp³-hybridized carbons (Fsp3) is 0.0682. The lowest BCUT2D eigenvalue weighted by Crippen LogP contribution is -1.92. The smallest absolute Gasteiger partial charge is 0.0340 e. The second kappa shape index (κ2) is 12.8. The zero-order valence-electron chi connectivity index (χ0n) is 26.2. The van der Waals surface area contributed by atoms with Crippen LogP contribution in [0.3, 0.4) is 0 Å². The van der Waals surface area contributed by atoms with Crippen LogP contribution in [-0.4, -0.2) is 6.21 Å². The monoisotopic (exact) mass is 639 g/mol. The maximum Gasteiger partial charge on any atom is 0.0340 e. The summed E-state index contributed by atoms with van der Waals surface area (Å²) in [7, 11) is 0. The number of fused-ring (bicyclic) bond motifs is 8. The van der Waals surface area contributed by atoms with Crippen LogP contribution < -0.4 is 0 Å². The van der Waals surface area contributed by atoms with E-state index in [0.717, 1.165) is 29.5 Å². The van der Waals surface area contributed by atoms with Gasteiger partial charge in [0.25, 0.3) is 0 Å². The van der Waals surface area contributed by atoms with E-state index in [9.17, 15) is 0 Å². The van der Waals surface area contributed by atoms with Crippen LogP contribution in [0.1, 0.15) is 25.3 Å². The molecular formula is C44H33NS2. The number of unbranched alkanes of at least 4 members (excludes halogenated alkanes) is 1. The van der Waals surface area contributed by atoms with Crippen LogP contribution in [0.25, 0.3) is 60.1 Å². The van der Waals surface area contributed by atoms with Crippen molar-refractivity contribution in [3.63, 3.8) is 0 Å². The molecule has 0 amide bonds. The number of benzene rings is 7. The minimum Gasteiger partial charge on any atom is -0.264 e. The van der Waals surface area contributed by atoms with Gasteiger partial charge >= 0.3 is 0 Å². The quantitative estimate of drug-likeness (QED) is 0.127. The molecule has 8 rings (SSSR count). The van der Waals surface area contributed by atoms with E-state index in [1.54, 1.807) is 0 Å². The molecule has 0 bridgehead atoms. The van der Waals surface area contributed by atoms with E-state index in [0.29, 0.717) is 0 Å². The zero-order chi connectivity index (χ0) is 31.7. The molecule has 0 aromatic heterocycles. The van der Waals surface area contributed by atoms with Crippen molar-refractivity contribution >= 4 is 67.6 Å². The molecule has 0 unspecified atom stereocenters. The molecule has 0 saturated heterocycles. The highest BCUT2D eigenvalue weighted by Gasteiger charge is 2.18. The minimum absolute atomic E-state index is 0.892. The number of hydrogen-bond acceptors (Lipinski definition) is 3. The van der Waals surface area contributed by atoms with Crippen molar-refractivity contribution in [3.05, 3.63) is 152 Å². The molecule has 3 heteroatoms. The highest BCUT2D eigenvalue weighted by molar-refractivity contribution is 8.05. The van der Waals surface area contributed by atoms with Crippen molar-refractivity contribution in [1.82, 2.24) is 0 Å². The van der Waals surface area contributed by atoms with E-state index in [2.05, 4.69) is 152 Å². The summed E-state index contributed by atoms with van der Waals surface area (Å²) in [5.41, 5.74) is 6.68. The van der Waals surface area contributed by atoms with E-state index < -0.39 is 0 Å². The van der Waals surface area contributed by atoms with Crippen molar-refractivity contribution in [2.75, 3.05) is 0 Å². The second-order valence-corrected chi connectivity index (χ2v) is 14.1. The third kappa shape index (κ3) is 5.71. The van der Waals surface area contributed by atoms with Gasteiger partial charge in [-0.2, -0.15) is 0 Å². The van der Waals surface area contributed by atoms with Crippen LogP contribution in [0, 0.1) is 0 Å². The number of hydrogen-bond donors (Lipinski definition) is 0. The van der Waals surface area contributed by atoms with Crippen LogP contribution in [0.2, 0.25) is 0 Å². The molecule has 0 spiro atoms. The van der Waals surface area contributed by atoms with Crippen LogP contribution in [0.5, 0.6) is 0 Å². The number of aliphatic imine (C=N–C) groups is 1. The van der Waals surface area contributed by atoms with Gasteiger partial charge in [-0.15, -0.1) is 0 Å². The van der Waals surface area contributed by atoms with Crippen LogP contribution >= 0.6 is 23.5 Å². The van der Waals surface area contributed by atoms with Gasteiger partial charge in [0, 0.05) is 32.0 Å². The van der Waals surface area contributed by atoms with E-state index in [1.807, 2.05) is 35.9 Å². The zero-order valence-corrected chi connectivity index (χ0v) is 27.9. The van der Waals surface area contributed by atoms with Crippen molar-refractivity contribution in [1.29, 1.82) is 0 Å². The molecule has 1 aliphatic heterocycles. The number of rotatable bonds is 7. The first kappa shape index (κ1) is 29.6. The first-order valence-corrected chi connectivity index (χ1v) is 17.7. The van der Waals surface area contributed by atoms with Gasteiger partial charge in [0.15, 0.2) is 0 Å². The van der Waals surface area contributed by atoms with Crippen molar-refractivity contribution in [2.45, 2.75) is 39.3 Å². The molecule has 0 atom stereocenters. The average molecular weight is 640 g/mol. The normalized spacial score (nSPS) is 12.7. The lowest BCUT2D eigenvalue weighted by atomic mass is 9.90. The maximum atomic E-state index is 4.56. The standard InChI is InChI=1S/C44H33NS2/c1-3-4-11-22-45-28-29(2)32-23-33(25-34(24-32)31-19-21-43-44(27-31)47-42-17-10-9-16-41(42)46-43)30-18-20-39-37-14-6-5-12-35(37)36-13-7-8-15-38(36)40(39)26-30/h5-28H,2-4H2,1H3/b22-11-,45-28?. The molecule has 0 N–H and O–H groups in total. The first-order valence-electron chi connectivity index (χ1n) is 16.1. The van der Waals surface area contributed by atoms with Crippen molar-refractivity contribution in [2.24, 2.45) is 4.99 Å². The molecule has 0 radical (unpaired) electrons. The first-order chi connectivity index (χ1) is 23.2. The van der Waals surface area contributed by atoms with Crippen LogP contribution in [0.15, 0.2) is 171 Å². The summed E-state index contributed by atoms with van der Waals surface area (Å²) in [5.74, 6) is 0. The second-order valence-electron chi connectivity index (χ2n) is 11.9. The Morgan fingerprint density at radius 2 is 1.09 bits per heavy atom. The minimum atomic E-state index is 0.892. The molecule has 1 aliphatic rings. The van der Waals surface area contributed by atoms with Gasteiger partial charge in [0.2, 0.25) is 0 Å². The van der Waals surface area contributed by atoms with Gasteiger partial charge in [-0.05, 0) is 121 Å². The summed E-state index contributed by atoms with van der Waals surface area (Å²) >= 11 is 3.71. The molecule has 0 aliphatic carbocycles. The Balaban J connectivity index is 1.27. The lowest BCUT2D eigenvalue weighted by Gasteiger charge is -2.19. The maximum absolute atomic E-state index is 4.56. The summed E-state index contributed by atoms with van der Waals surface area (Å²) in [4.78, 5) is 9.80. The molecule has 47 heavy (non-hydrogen) atoms. The Morgan fingerprint density at radius 3 is 1.74 bits per heavy atom. The predicted octanol–water partition coefficient (Wildman–Crippen LogP) is 13.5. The van der Waals surface area contributed by atoms with E-state index in [-0.39, 0.29) is 0 Å². The van der Waals surface area contributed by atoms with Crippen molar-refractivity contribution in [3.8, 4) is 22.3 Å². The van der Waals surface area contributed by atoms with Gasteiger partial charge in [-0.1, -0.05) is 128 Å². The summed E-state index contributed by atoms with van der Waals surface area (Å²) < 4.78 is 0. The Labute approximate surface area is 284 Å². The molecule has 1 nitrogen and oxygen atoms in total. The molecule has 7 aromatic rings. The van der Waals surface area contributed by atoms with Gasteiger partial charge in [0.05, 0.1) is 0 Å². The van der Waals surface area contributed by atoms with Crippen molar-refractivity contribution < 1.29 is 0 Å². The number of allylic oxidation sites excluding steroid dienone is 2. The molecule has 1 heterocycles. The van der Waals surface area contributed by atoms with E-state index >= 15 is 0 Å². The topological polar surface area (TPSA) is 12.4 Å². The van der Waals surface area contributed by atoms with E-state index in [1.165, 1.54) is 68.6 Å². The number of nitrogens with zero attached hydrogens (tertiary/aromatic N) is 1. The third-order valence-corrected chi connectivity index (χ3v) is 11.4. The SMILES string of the molecule is C=C(C=N/C=C\CCC)c1cc(-c2ccc3c(c2)Sc2ccccc2S3)cc(-c2ccc3c4ccccc4c4ccccc4c3c2)c1.